The first-order valence-electron chi connectivity index (χ1n) is 7.51. The highest BCUT2D eigenvalue weighted by Gasteiger charge is 2.19. The maximum absolute atomic E-state index is 12.3. The van der Waals surface area contributed by atoms with Gasteiger partial charge in [0.25, 0.3) is 11.9 Å². The number of hydrogen-bond donors (Lipinski definition) is 2. The normalized spacial score (nSPS) is 12.3. The van der Waals surface area contributed by atoms with E-state index in [2.05, 4.69) is 15.3 Å². The Morgan fingerprint density at radius 3 is 2.91 bits per heavy atom. The molecule has 2 heterocycles. The van der Waals surface area contributed by atoms with Gasteiger partial charge in [0, 0.05) is 6.07 Å². The van der Waals surface area contributed by atoms with Crippen LogP contribution in [0.25, 0.3) is 11.0 Å². The minimum absolute atomic E-state index is 0.215. The van der Waals surface area contributed by atoms with Gasteiger partial charge in [0.15, 0.2) is 5.76 Å². The molecule has 120 valence electrons. The molecule has 2 N–H and O–H groups in total. The van der Waals surface area contributed by atoms with Gasteiger partial charge in [-0.05, 0) is 37.1 Å². The first-order valence-corrected chi connectivity index (χ1v) is 7.51. The molecule has 0 aliphatic rings. The summed E-state index contributed by atoms with van der Waals surface area (Å²) in [5.41, 5.74) is 3.01. The van der Waals surface area contributed by atoms with Crippen molar-refractivity contribution in [3.05, 3.63) is 47.5 Å². The molecule has 0 aliphatic heterocycles. The lowest BCUT2D eigenvalue weighted by atomic mass is 10.2. The Labute approximate surface area is 133 Å². The Morgan fingerprint density at radius 1 is 1.39 bits per heavy atom. The van der Waals surface area contributed by atoms with Crippen LogP contribution >= 0.6 is 0 Å². The zero-order valence-electron chi connectivity index (χ0n) is 13.3. The predicted molar refractivity (Wildman–Crippen MR) is 86.6 cm³/mol. The lowest BCUT2D eigenvalue weighted by molar-refractivity contribution is 0.0899. The molecule has 3 rings (SSSR count). The second-order valence-corrected chi connectivity index (χ2v) is 5.40. The van der Waals surface area contributed by atoms with Gasteiger partial charge in [-0.15, -0.1) is 0 Å². The van der Waals surface area contributed by atoms with E-state index >= 15 is 0 Å². The third kappa shape index (κ3) is 3.06. The van der Waals surface area contributed by atoms with E-state index in [9.17, 15) is 4.79 Å². The summed E-state index contributed by atoms with van der Waals surface area (Å²) in [7, 11) is 1.49. The Bertz CT molecular complexity index is 835. The summed E-state index contributed by atoms with van der Waals surface area (Å²) in [6.07, 6.45) is 0.711. The molecule has 0 aliphatic carbocycles. The standard InChI is InChI=1S/C17H19N3O3/c1-4-11(20-17(21)14-7-8-15(22-3)23-14)16-18-12-6-5-10(2)9-13(12)19-16/h5-9,11H,4H2,1-3H3,(H,18,19)(H,20,21). The number of imidazole rings is 1. The van der Waals surface area contributed by atoms with Gasteiger partial charge < -0.3 is 19.5 Å². The van der Waals surface area contributed by atoms with Crippen molar-refractivity contribution in [2.45, 2.75) is 26.3 Å². The Morgan fingerprint density at radius 2 is 2.22 bits per heavy atom. The fourth-order valence-corrected chi connectivity index (χ4v) is 2.45. The number of hydrogen-bond acceptors (Lipinski definition) is 4. The summed E-state index contributed by atoms with van der Waals surface area (Å²) < 4.78 is 10.2. The number of rotatable bonds is 5. The van der Waals surface area contributed by atoms with Crippen molar-refractivity contribution >= 4 is 16.9 Å². The van der Waals surface area contributed by atoms with Crippen LogP contribution in [0, 0.1) is 6.92 Å². The van der Waals surface area contributed by atoms with Gasteiger partial charge in [0.2, 0.25) is 0 Å². The number of amides is 1. The SMILES string of the molecule is CCC(NC(=O)c1ccc(OC)o1)c1nc2ccc(C)cc2[nH]1. The zero-order valence-corrected chi connectivity index (χ0v) is 13.3. The molecule has 3 aromatic rings. The number of carbonyl (C=O) groups excluding carboxylic acids is 1. The van der Waals surface area contributed by atoms with E-state index in [1.165, 1.54) is 7.11 Å². The van der Waals surface area contributed by atoms with Gasteiger partial charge in [0.1, 0.15) is 5.82 Å². The van der Waals surface area contributed by atoms with Gasteiger partial charge in [0.05, 0.1) is 24.2 Å². The molecule has 0 fully saturated rings. The maximum Gasteiger partial charge on any atom is 0.287 e. The van der Waals surface area contributed by atoms with E-state index < -0.39 is 0 Å². The molecule has 6 heteroatoms. The van der Waals surface area contributed by atoms with Crippen molar-refractivity contribution < 1.29 is 13.9 Å². The van der Waals surface area contributed by atoms with Crippen LogP contribution in [0.1, 0.15) is 41.3 Å². The highest BCUT2D eigenvalue weighted by atomic mass is 16.6. The van der Waals surface area contributed by atoms with Crippen molar-refractivity contribution in [1.82, 2.24) is 15.3 Å². The highest BCUT2D eigenvalue weighted by Crippen LogP contribution is 2.21. The number of aromatic amines is 1. The van der Waals surface area contributed by atoms with Crippen LogP contribution in [0.15, 0.2) is 34.7 Å². The van der Waals surface area contributed by atoms with E-state index in [1.807, 2.05) is 32.0 Å². The smallest absolute Gasteiger partial charge is 0.287 e. The lowest BCUT2D eigenvalue weighted by Crippen LogP contribution is -2.28. The summed E-state index contributed by atoms with van der Waals surface area (Å²) in [6.45, 7) is 4.02. The van der Waals surface area contributed by atoms with Gasteiger partial charge in [-0.25, -0.2) is 4.98 Å². The quantitative estimate of drug-likeness (QED) is 0.757. The molecule has 0 radical (unpaired) electrons. The predicted octanol–water partition coefficient (Wildman–Crippen LogP) is 3.35. The van der Waals surface area contributed by atoms with E-state index in [1.54, 1.807) is 12.1 Å². The lowest BCUT2D eigenvalue weighted by Gasteiger charge is -2.13. The van der Waals surface area contributed by atoms with Gasteiger partial charge >= 0.3 is 0 Å². The molecule has 0 bridgehead atoms. The van der Waals surface area contributed by atoms with Crippen LogP contribution in [-0.2, 0) is 0 Å². The van der Waals surface area contributed by atoms with E-state index in [0.29, 0.717) is 12.4 Å². The summed E-state index contributed by atoms with van der Waals surface area (Å²) in [4.78, 5) is 20.1. The molecular weight excluding hydrogens is 294 g/mol. The molecule has 0 spiro atoms. The van der Waals surface area contributed by atoms with Crippen LogP contribution in [-0.4, -0.2) is 23.0 Å². The number of H-pyrrole nitrogens is 1. The number of furan rings is 1. The number of aryl methyl sites for hydroxylation is 1. The molecule has 6 nitrogen and oxygen atoms in total. The second-order valence-electron chi connectivity index (χ2n) is 5.40. The molecule has 1 unspecified atom stereocenters. The number of benzene rings is 1. The molecule has 1 amide bonds. The fraction of sp³-hybridized carbons (Fsp3) is 0.294. The van der Waals surface area contributed by atoms with Crippen molar-refractivity contribution in [2.24, 2.45) is 0 Å². The Balaban J connectivity index is 1.81. The average Bonchev–Trinajstić information content (AvgIpc) is 3.18. The Hall–Kier alpha value is -2.76. The summed E-state index contributed by atoms with van der Waals surface area (Å²) in [5.74, 6) is 0.964. The number of nitrogens with zero attached hydrogens (tertiary/aromatic N) is 1. The third-order valence-electron chi connectivity index (χ3n) is 3.71. The van der Waals surface area contributed by atoms with Crippen LogP contribution in [0.4, 0.5) is 0 Å². The van der Waals surface area contributed by atoms with Gasteiger partial charge in [-0.2, -0.15) is 0 Å². The highest BCUT2D eigenvalue weighted by molar-refractivity contribution is 5.91. The van der Waals surface area contributed by atoms with E-state index in [0.717, 1.165) is 22.4 Å². The topological polar surface area (TPSA) is 80.2 Å². The van der Waals surface area contributed by atoms with Crippen molar-refractivity contribution in [3.63, 3.8) is 0 Å². The van der Waals surface area contributed by atoms with Crippen molar-refractivity contribution in [3.8, 4) is 5.95 Å². The molecular formula is C17H19N3O3. The fourth-order valence-electron chi connectivity index (χ4n) is 2.45. The number of methoxy groups -OCH3 is 1. The monoisotopic (exact) mass is 313 g/mol. The van der Waals surface area contributed by atoms with E-state index in [-0.39, 0.29) is 17.7 Å². The number of ether oxygens (including phenoxy) is 1. The minimum Gasteiger partial charge on any atom is -0.468 e. The molecule has 1 aromatic carbocycles. The number of carbonyl (C=O) groups is 1. The van der Waals surface area contributed by atoms with Crippen LogP contribution < -0.4 is 10.1 Å². The molecule has 0 saturated carbocycles. The summed E-state index contributed by atoms with van der Waals surface area (Å²) in [5, 5.41) is 2.93. The second kappa shape index (κ2) is 6.16. The third-order valence-corrected chi connectivity index (χ3v) is 3.71. The van der Waals surface area contributed by atoms with Gasteiger partial charge in [-0.1, -0.05) is 13.0 Å². The molecule has 0 saturated heterocycles. The molecule has 1 atom stereocenters. The van der Waals surface area contributed by atoms with Crippen LogP contribution in [0.2, 0.25) is 0 Å². The van der Waals surface area contributed by atoms with Crippen LogP contribution in [0.3, 0.4) is 0 Å². The minimum atomic E-state index is -0.295. The maximum atomic E-state index is 12.3. The average molecular weight is 313 g/mol. The largest absolute Gasteiger partial charge is 0.468 e. The van der Waals surface area contributed by atoms with Gasteiger partial charge in [-0.3, -0.25) is 4.79 Å². The van der Waals surface area contributed by atoms with Crippen molar-refractivity contribution in [1.29, 1.82) is 0 Å². The number of nitrogens with one attached hydrogen (secondary N) is 2. The number of aromatic nitrogens is 2. The molecule has 2 aromatic heterocycles. The first kappa shape index (κ1) is 15.1. The Kier molecular flexibility index (Phi) is 4.06. The summed E-state index contributed by atoms with van der Waals surface area (Å²) >= 11 is 0. The van der Waals surface area contributed by atoms with Crippen LogP contribution in [0.5, 0.6) is 5.95 Å². The summed E-state index contributed by atoms with van der Waals surface area (Å²) in [6, 6.07) is 9.00. The number of fused-ring (bicyclic) bond motifs is 1. The first-order chi connectivity index (χ1) is 11.1. The van der Waals surface area contributed by atoms with Crippen molar-refractivity contribution in [2.75, 3.05) is 7.11 Å². The zero-order chi connectivity index (χ0) is 16.4. The molecule has 23 heavy (non-hydrogen) atoms. The van der Waals surface area contributed by atoms with E-state index in [4.69, 9.17) is 9.15 Å².